The third kappa shape index (κ3) is 5.31. The molecule has 0 spiro atoms. The number of benzene rings is 1. The minimum Gasteiger partial charge on any atom is -0.383 e. The van der Waals surface area contributed by atoms with Crippen molar-refractivity contribution in [2.45, 2.75) is 19.9 Å². The first-order valence-corrected chi connectivity index (χ1v) is 8.46. The lowest BCUT2D eigenvalue weighted by Gasteiger charge is -2.16. The quantitative estimate of drug-likeness (QED) is 0.511. The zero-order chi connectivity index (χ0) is 20.0. The number of nitrogens with zero attached hydrogens (tertiary/aromatic N) is 2. The summed E-state index contributed by atoms with van der Waals surface area (Å²) in [6, 6.07) is 7.06. The van der Waals surface area contributed by atoms with Crippen LogP contribution in [0.25, 0.3) is 5.69 Å². The van der Waals surface area contributed by atoms with Crippen molar-refractivity contribution in [3.63, 3.8) is 0 Å². The molecule has 1 aromatic heterocycles. The van der Waals surface area contributed by atoms with E-state index in [9.17, 15) is 14.0 Å². The third-order valence-corrected chi connectivity index (χ3v) is 3.71. The molecule has 0 saturated carbocycles. The number of amides is 1. The number of hydrazine groups is 1. The second-order valence-corrected chi connectivity index (χ2v) is 6.18. The lowest BCUT2D eigenvalue weighted by molar-refractivity contribution is 0.0935. The van der Waals surface area contributed by atoms with E-state index in [4.69, 9.17) is 17.0 Å². The number of ether oxygens (including phenoxy) is 1. The Kier molecular flexibility index (Phi) is 6.97. The van der Waals surface area contributed by atoms with Gasteiger partial charge in [-0.05, 0) is 38.2 Å². The number of aryl methyl sites for hydroxylation is 1. The number of carbonyl (C=O) groups is 1. The number of halogens is 1. The molecule has 1 heterocycles. The molecular formula is C17H20FN5O3S. The molecule has 0 radical (unpaired) electrons. The summed E-state index contributed by atoms with van der Waals surface area (Å²) in [5, 5.41) is 7.03. The Hall–Kier alpha value is -2.85. The maximum atomic E-state index is 14.0. The molecule has 10 heteroatoms. The summed E-state index contributed by atoms with van der Waals surface area (Å²) < 4.78 is 20.2. The summed E-state index contributed by atoms with van der Waals surface area (Å²) in [6.07, 6.45) is 0. The topological polar surface area (TPSA) is 97.3 Å². The highest BCUT2D eigenvalue weighted by Crippen LogP contribution is 2.12. The van der Waals surface area contributed by atoms with Crippen molar-refractivity contribution in [2.75, 3.05) is 13.7 Å². The third-order valence-electron chi connectivity index (χ3n) is 3.49. The highest BCUT2D eigenvalue weighted by atomic mass is 32.1. The van der Waals surface area contributed by atoms with Gasteiger partial charge in [-0.2, -0.15) is 5.10 Å². The Morgan fingerprint density at radius 2 is 2.07 bits per heavy atom. The molecule has 1 aromatic carbocycles. The van der Waals surface area contributed by atoms with Crippen molar-refractivity contribution in [1.29, 1.82) is 0 Å². The largest absolute Gasteiger partial charge is 0.383 e. The van der Waals surface area contributed by atoms with Crippen LogP contribution in [0.15, 0.2) is 35.1 Å². The molecular weight excluding hydrogens is 373 g/mol. The number of hydrogen-bond acceptors (Lipinski definition) is 5. The van der Waals surface area contributed by atoms with Crippen LogP contribution in [0.5, 0.6) is 0 Å². The molecule has 1 amide bonds. The monoisotopic (exact) mass is 393 g/mol. The van der Waals surface area contributed by atoms with Crippen LogP contribution in [0.4, 0.5) is 4.39 Å². The minimum atomic E-state index is -0.798. The van der Waals surface area contributed by atoms with Gasteiger partial charge < -0.3 is 10.1 Å². The average molecular weight is 393 g/mol. The van der Waals surface area contributed by atoms with Gasteiger partial charge in [0.25, 0.3) is 5.91 Å². The molecule has 0 aliphatic heterocycles. The highest BCUT2D eigenvalue weighted by Gasteiger charge is 2.17. The van der Waals surface area contributed by atoms with Crippen molar-refractivity contribution >= 4 is 23.2 Å². The van der Waals surface area contributed by atoms with Crippen molar-refractivity contribution in [1.82, 2.24) is 25.9 Å². The normalized spacial score (nSPS) is 11.6. The number of aromatic nitrogens is 2. The van der Waals surface area contributed by atoms with Crippen molar-refractivity contribution in [2.24, 2.45) is 0 Å². The smallest absolute Gasteiger partial charge is 0.294 e. The maximum absolute atomic E-state index is 14.0. The molecule has 0 aliphatic carbocycles. The molecule has 2 aromatic rings. The first kappa shape index (κ1) is 20.5. The molecule has 0 aliphatic rings. The molecule has 1 atom stereocenters. The van der Waals surface area contributed by atoms with Gasteiger partial charge in [0.05, 0.1) is 6.61 Å². The molecule has 3 N–H and O–H groups in total. The van der Waals surface area contributed by atoms with Gasteiger partial charge in [0, 0.05) is 24.9 Å². The fraction of sp³-hybridized carbons (Fsp3) is 0.294. The van der Waals surface area contributed by atoms with Crippen LogP contribution in [0, 0.1) is 12.7 Å². The maximum Gasteiger partial charge on any atom is 0.294 e. The molecule has 0 fully saturated rings. The molecule has 27 heavy (non-hydrogen) atoms. The van der Waals surface area contributed by atoms with Crippen molar-refractivity contribution in [3.05, 3.63) is 57.8 Å². The predicted molar refractivity (Wildman–Crippen MR) is 102 cm³/mol. The van der Waals surface area contributed by atoms with E-state index in [1.54, 1.807) is 20.1 Å². The number of rotatable bonds is 5. The standard InChI is InChI=1S/C17H20FN5O3S/c1-10(9-26-3)19-17(27)21-20-16(25)15-14(24)8-11(2)23(22-15)13-7-5-4-6-12(13)18/h4-8,10H,9H2,1-3H3,(H,20,25)(H2,19,21,27)/t10-/m0/s1. The first-order valence-electron chi connectivity index (χ1n) is 8.05. The average Bonchev–Trinajstić information content (AvgIpc) is 2.61. The Labute approximate surface area is 160 Å². The Morgan fingerprint density at radius 1 is 1.37 bits per heavy atom. The van der Waals surface area contributed by atoms with Gasteiger partial charge >= 0.3 is 0 Å². The van der Waals surface area contributed by atoms with Gasteiger partial charge in [0.2, 0.25) is 5.43 Å². The Bertz CT molecular complexity index is 902. The lowest BCUT2D eigenvalue weighted by atomic mass is 10.2. The van der Waals surface area contributed by atoms with E-state index in [2.05, 4.69) is 21.3 Å². The van der Waals surface area contributed by atoms with E-state index in [1.165, 1.54) is 28.9 Å². The molecule has 0 saturated heterocycles. The summed E-state index contributed by atoms with van der Waals surface area (Å²) in [6.45, 7) is 3.85. The lowest BCUT2D eigenvalue weighted by Crippen LogP contribution is -2.50. The second kappa shape index (κ2) is 9.19. The van der Waals surface area contributed by atoms with E-state index in [0.29, 0.717) is 12.3 Å². The van der Waals surface area contributed by atoms with E-state index >= 15 is 0 Å². The van der Waals surface area contributed by atoms with Crippen LogP contribution >= 0.6 is 12.2 Å². The van der Waals surface area contributed by atoms with Crippen LogP contribution in [0.3, 0.4) is 0 Å². The van der Waals surface area contributed by atoms with Crippen LogP contribution in [-0.2, 0) is 4.74 Å². The zero-order valence-electron chi connectivity index (χ0n) is 15.1. The van der Waals surface area contributed by atoms with Crippen molar-refractivity contribution in [3.8, 4) is 5.69 Å². The van der Waals surface area contributed by atoms with E-state index in [-0.39, 0.29) is 16.8 Å². The van der Waals surface area contributed by atoms with Crippen LogP contribution in [-0.4, -0.2) is 40.6 Å². The Morgan fingerprint density at radius 3 is 2.74 bits per heavy atom. The minimum absolute atomic E-state index is 0.0808. The first-order chi connectivity index (χ1) is 12.8. The summed E-state index contributed by atoms with van der Waals surface area (Å²) in [7, 11) is 1.56. The number of methoxy groups -OCH3 is 1. The van der Waals surface area contributed by atoms with E-state index < -0.39 is 22.8 Å². The molecule has 144 valence electrons. The summed E-state index contributed by atoms with van der Waals surface area (Å²) in [5.74, 6) is -1.33. The van der Waals surface area contributed by atoms with Gasteiger partial charge in [-0.25, -0.2) is 9.07 Å². The number of carbonyl (C=O) groups excluding carboxylic acids is 1. The van der Waals surface area contributed by atoms with Crippen LogP contribution in [0.1, 0.15) is 23.1 Å². The molecule has 8 nitrogen and oxygen atoms in total. The zero-order valence-corrected chi connectivity index (χ0v) is 15.9. The van der Waals surface area contributed by atoms with Crippen LogP contribution in [0.2, 0.25) is 0 Å². The predicted octanol–water partition coefficient (Wildman–Crippen LogP) is 0.824. The second-order valence-electron chi connectivity index (χ2n) is 5.77. The fourth-order valence-electron chi connectivity index (χ4n) is 2.30. The summed E-state index contributed by atoms with van der Waals surface area (Å²) in [5.41, 5.74) is 4.31. The Balaban J connectivity index is 2.17. The number of nitrogens with one attached hydrogen (secondary N) is 3. The number of hydrogen-bond donors (Lipinski definition) is 3. The molecule has 0 unspecified atom stereocenters. The van der Waals surface area contributed by atoms with Crippen LogP contribution < -0.4 is 21.6 Å². The highest BCUT2D eigenvalue weighted by molar-refractivity contribution is 7.80. The van der Waals surface area contributed by atoms with Gasteiger partial charge in [-0.15, -0.1) is 0 Å². The number of para-hydroxylation sites is 1. The van der Waals surface area contributed by atoms with E-state index in [0.717, 1.165) is 0 Å². The summed E-state index contributed by atoms with van der Waals surface area (Å²) >= 11 is 5.04. The van der Waals surface area contributed by atoms with Gasteiger partial charge in [-0.3, -0.25) is 20.4 Å². The molecule has 2 rings (SSSR count). The van der Waals surface area contributed by atoms with Gasteiger partial charge in [-0.1, -0.05) is 12.1 Å². The fourth-order valence-corrected chi connectivity index (χ4v) is 2.55. The number of thiocarbonyl (C=S) groups is 1. The van der Waals surface area contributed by atoms with E-state index in [1.807, 2.05) is 6.92 Å². The molecule has 0 bridgehead atoms. The van der Waals surface area contributed by atoms with Gasteiger partial charge in [0.15, 0.2) is 10.8 Å². The summed E-state index contributed by atoms with van der Waals surface area (Å²) in [4.78, 5) is 24.4. The SMILES string of the molecule is COC[C@H](C)NC(=S)NNC(=O)c1nn(-c2ccccc2F)c(C)cc1=O. The van der Waals surface area contributed by atoms with Gasteiger partial charge in [0.1, 0.15) is 11.5 Å². The van der Waals surface area contributed by atoms with Crippen molar-refractivity contribution < 1.29 is 13.9 Å².